The molecule has 1 aromatic heterocycles. The number of ether oxygens (including phenoxy) is 1. The van der Waals surface area contributed by atoms with Crippen LogP contribution in [0.1, 0.15) is 28.4 Å². The minimum absolute atomic E-state index is 0.111. The van der Waals surface area contributed by atoms with Gasteiger partial charge in [-0.2, -0.15) is 0 Å². The summed E-state index contributed by atoms with van der Waals surface area (Å²) in [4.78, 5) is 18.9. The maximum Gasteiger partial charge on any atom is 0.322 e. The van der Waals surface area contributed by atoms with Crippen LogP contribution in [0.3, 0.4) is 0 Å². The highest BCUT2D eigenvalue weighted by Gasteiger charge is 2.34. The van der Waals surface area contributed by atoms with Crippen molar-refractivity contribution in [2.75, 3.05) is 19.0 Å². The molecule has 5 nitrogen and oxygen atoms in total. The van der Waals surface area contributed by atoms with Gasteiger partial charge in [0, 0.05) is 28.8 Å². The van der Waals surface area contributed by atoms with E-state index >= 15 is 0 Å². The summed E-state index contributed by atoms with van der Waals surface area (Å²) in [5.74, 6) is 0.760. The van der Waals surface area contributed by atoms with Crippen molar-refractivity contribution in [2.45, 2.75) is 19.4 Å². The SMILES string of the molecule is COc1ccc(NC(=O)N2CCc3c([nH]c4ccccc34)C2c2ccc(C)cc2)cc1. The second-order valence-electron chi connectivity index (χ2n) is 7.98. The quantitative estimate of drug-likeness (QED) is 0.457. The summed E-state index contributed by atoms with van der Waals surface area (Å²) in [6.45, 7) is 2.72. The Bertz CT molecular complexity index is 1230. The second kappa shape index (κ2) is 7.84. The Hall–Kier alpha value is -3.73. The van der Waals surface area contributed by atoms with Gasteiger partial charge in [-0.05, 0) is 54.8 Å². The summed E-state index contributed by atoms with van der Waals surface area (Å²) in [5, 5.41) is 4.30. The van der Waals surface area contributed by atoms with Crippen molar-refractivity contribution < 1.29 is 9.53 Å². The van der Waals surface area contributed by atoms with Crippen molar-refractivity contribution in [1.82, 2.24) is 9.88 Å². The lowest BCUT2D eigenvalue weighted by Gasteiger charge is -2.36. The number of methoxy groups -OCH3 is 1. The number of fused-ring (bicyclic) bond motifs is 3. The first-order valence-corrected chi connectivity index (χ1v) is 10.5. The van der Waals surface area contributed by atoms with Crippen LogP contribution >= 0.6 is 0 Å². The highest BCUT2D eigenvalue weighted by atomic mass is 16.5. The number of nitrogens with zero attached hydrogens (tertiary/aromatic N) is 1. The van der Waals surface area contributed by atoms with Crippen LogP contribution in [0.5, 0.6) is 5.75 Å². The van der Waals surface area contributed by atoms with Crippen molar-refractivity contribution in [2.24, 2.45) is 0 Å². The molecule has 0 fully saturated rings. The van der Waals surface area contributed by atoms with Crippen molar-refractivity contribution in [3.63, 3.8) is 0 Å². The Morgan fingerprint density at radius 3 is 2.52 bits per heavy atom. The van der Waals surface area contributed by atoms with E-state index in [2.05, 4.69) is 59.7 Å². The number of carbonyl (C=O) groups is 1. The number of nitrogens with one attached hydrogen (secondary N) is 2. The summed E-state index contributed by atoms with van der Waals surface area (Å²) in [5.41, 5.74) is 6.56. The van der Waals surface area contributed by atoms with E-state index in [4.69, 9.17) is 4.74 Å². The number of hydrogen-bond donors (Lipinski definition) is 2. The predicted octanol–water partition coefficient (Wildman–Crippen LogP) is 5.66. The molecule has 5 rings (SSSR count). The highest BCUT2D eigenvalue weighted by molar-refractivity contribution is 5.91. The van der Waals surface area contributed by atoms with E-state index in [1.165, 1.54) is 16.5 Å². The van der Waals surface area contributed by atoms with Gasteiger partial charge in [-0.15, -0.1) is 0 Å². The van der Waals surface area contributed by atoms with Crippen molar-refractivity contribution >= 4 is 22.6 Å². The third-order valence-corrected chi connectivity index (χ3v) is 6.03. The molecule has 4 aromatic rings. The van der Waals surface area contributed by atoms with E-state index in [9.17, 15) is 4.79 Å². The average Bonchev–Trinajstić information content (AvgIpc) is 3.18. The van der Waals surface area contributed by atoms with Crippen LogP contribution < -0.4 is 10.1 Å². The summed E-state index contributed by atoms with van der Waals surface area (Å²) >= 11 is 0. The van der Waals surface area contributed by atoms with Crippen LogP contribution in [0.2, 0.25) is 0 Å². The number of H-pyrrole nitrogens is 1. The van der Waals surface area contributed by atoms with Gasteiger partial charge < -0.3 is 19.9 Å². The molecule has 0 radical (unpaired) electrons. The molecule has 0 bridgehead atoms. The van der Waals surface area contributed by atoms with Crippen LogP contribution in [0.15, 0.2) is 72.8 Å². The molecule has 2 amide bonds. The van der Waals surface area contributed by atoms with Crippen LogP contribution in [0.4, 0.5) is 10.5 Å². The zero-order valence-corrected chi connectivity index (χ0v) is 17.7. The second-order valence-corrected chi connectivity index (χ2v) is 7.98. The van der Waals surface area contributed by atoms with E-state index in [0.717, 1.165) is 34.6 Å². The van der Waals surface area contributed by atoms with Gasteiger partial charge in [-0.1, -0.05) is 48.0 Å². The molecule has 31 heavy (non-hydrogen) atoms. The summed E-state index contributed by atoms with van der Waals surface area (Å²) in [7, 11) is 1.63. The first kappa shape index (κ1) is 19.2. The number of para-hydroxylation sites is 1. The van der Waals surface area contributed by atoms with E-state index in [-0.39, 0.29) is 12.1 Å². The van der Waals surface area contributed by atoms with Gasteiger partial charge in [0.25, 0.3) is 0 Å². The molecule has 156 valence electrons. The number of amides is 2. The molecule has 2 heterocycles. The largest absolute Gasteiger partial charge is 0.497 e. The predicted molar refractivity (Wildman–Crippen MR) is 124 cm³/mol. The topological polar surface area (TPSA) is 57.4 Å². The average molecular weight is 412 g/mol. The zero-order valence-electron chi connectivity index (χ0n) is 17.7. The number of aromatic amines is 1. The molecular formula is C26H25N3O2. The molecule has 1 aliphatic rings. The van der Waals surface area contributed by atoms with Crippen LogP contribution in [-0.2, 0) is 6.42 Å². The fraction of sp³-hybridized carbons (Fsp3) is 0.192. The highest BCUT2D eigenvalue weighted by Crippen LogP contribution is 2.38. The standard InChI is InChI=1S/C26H25N3O2/c1-17-7-9-18(10-8-17)25-24-22(21-5-3-4-6-23(21)28-24)15-16-29(25)26(30)27-19-11-13-20(31-2)14-12-19/h3-14,25,28H,15-16H2,1-2H3,(H,27,30). The number of carbonyl (C=O) groups excluding carboxylic acids is 1. The number of aromatic nitrogens is 1. The number of anilines is 1. The Labute approximate surface area is 181 Å². The van der Waals surface area contributed by atoms with Crippen LogP contribution in [0, 0.1) is 6.92 Å². The molecule has 2 N–H and O–H groups in total. The minimum Gasteiger partial charge on any atom is -0.497 e. The third-order valence-electron chi connectivity index (χ3n) is 6.03. The fourth-order valence-electron chi connectivity index (χ4n) is 4.42. The lowest BCUT2D eigenvalue weighted by atomic mass is 9.92. The van der Waals surface area contributed by atoms with E-state index in [1.54, 1.807) is 7.11 Å². The molecule has 0 saturated heterocycles. The first-order chi connectivity index (χ1) is 15.1. The van der Waals surface area contributed by atoms with Crippen molar-refractivity contribution in [3.8, 4) is 5.75 Å². The maximum atomic E-state index is 13.4. The molecule has 0 aliphatic carbocycles. The minimum atomic E-state index is -0.171. The molecule has 0 saturated carbocycles. The van der Waals surface area contributed by atoms with Gasteiger partial charge in [0.2, 0.25) is 0 Å². The van der Waals surface area contributed by atoms with Crippen LogP contribution in [0.25, 0.3) is 10.9 Å². The lowest BCUT2D eigenvalue weighted by molar-refractivity contribution is 0.193. The Morgan fingerprint density at radius 1 is 1.03 bits per heavy atom. The van der Waals surface area contributed by atoms with Crippen molar-refractivity contribution in [3.05, 3.63) is 95.2 Å². The number of hydrogen-bond acceptors (Lipinski definition) is 2. The Balaban J connectivity index is 1.53. The molecule has 1 unspecified atom stereocenters. The van der Waals surface area contributed by atoms with Gasteiger partial charge in [-0.3, -0.25) is 0 Å². The molecule has 3 aromatic carbocycles. The first-order valence-electron chi connectivity index (χ1n) is 10.5. The Kier molecular flexibility index (Phi) is 4.86. The van der Waals surface area contributed by atoms with Gasteiger partial charge in [0.1, 0.15) is 5.75 Å². The monoisotopic (exact) mass is 411 g/mol. The van der Waals surface area contributed by atoms with Gasteiger partial charge in [-0.25, -0.2) is 4.79 Å². The maximum absolute atomic E-state index is 13.4. The summed E-state index contributed by atoms with van der Waals surface area (Å²) in [6, 6.07) is 23.9. The molecule has 1 aliphatic heterocycles. The van der Waals surface area contributed by atoms with E-state index in [1.807, 2.05) is 35.2 Å². The smallest absolute Gasteiger partial charge is 0.322 e. The number of aryl methyl sites for hydroxylation is 1. The molecule has 1 atom stereocenters. The van der Waals surface area contributed by atoms with Gasteiger partial charge in [0.15, 0.2) is 0 Å². The zero-order chi connectivity index (χ0) is 21.4. The number of rotatable bonds is 3. The lowest BCUT2D eigenvalue weighted by Crippen LogP contribution is -2.43. The number of urea groups is 1. The summed E-state index contributed by atoms with van der Waals surface area (Å²) in [6.07, 6.45) is 0.817. The normalized spacial score (nSPS) is 15.5. The molecule has 5 heteroatoms. The number of benzene rings is 3. The van der Waals surface area contributed by atoms with Gasteiger partial charge in [0.05, 0.1) is 13.2 Å². The molecular weight excluding hydrogens is 386 g/mol. The summed E-state index contributed by atoms with van der Waals surface area (Å²) < 4.78 is 5.22. The van der Waals surface area contributed by atoms with E-state index in [0.29, 0.717) is 6.54 Å². The van der Waals surface area contributed by atoms with Crippen molar-refractivity contribution in [1.29, 1.82) is 0 Å². The fourth-order valence-corrected chi connectivity index (χ4v) is 4.42. The Morgan fingerprint density at radius 2 is 1.77 bits per heavy atom. The van der Waals surface area contributed by atoms with Crippen LogP contribution in [-0.4, -0.2) is 29.6 Å². The third kappa shape index (κ3) is 3.52. The van der Waals surface area contributed by atoms with E-state index < -0.39 is 0 Å². The molecule has 0 spiro atoms. The van der Waals surface area contributed by atoms with Gasteiger partial charge >= 0.3 is 6.03 Å².